The van der Waals surface area contributed by atoms with Crippen LogP contribution in [0.3, 0.4) is 0 Å². The number of hydrogen-bond donors (Lipinski definition) is 1. The van der Waals surface area contributed by atoms with Crippen LogP contribution in [-0.2, 0) is 17.9 Å². The van der Waals surface area contributed by atoms with E-state index >= 15 is 0 Å². The number of pyridine rings is 1. The molecule has 0 aliphatic heterocycles. The van der Waals surface area contributed by atoms with Gasteiger partial charge < -0.3 is 14.3 Å². The van der Waals surface area contributed by atoms with Crippen LogP contribution in [0.25, 0.3) is 0 Å². The van der Waals surface area contributed by atoms with Gasteiger partial charge in [-0.3, -0.25) is 9.59 Å². The van der Waals surface area contributed by atoms with Crippen LogP contribution in [0.5, 0.6) is 0 Å². The maximum Gasteiger partial charge on any atom is 0.250 e. The van der Waals surface area contributed by atoms with Gasteiger partial charge in [0.25, 0.3) is 5.56 Å². The number of furan rings is 1. The van der Waals surface area contributed by atoms with Crippen molar-refractivity contribution in [2.24, 2.45) is 0 Å². The Balaban J connectivity index is 1.90. The molecular formula is C12H12N2O3. The van der Waals surface area contributed by atoms with Crippen molar-refractivity contribution in [2.75, 3.05) is 0 Å². The van der Waals surface area contributed by atoms with Crippen LogP contribution in [0, 0.1) is 0 Å². The maximum absolute atomic E-state index is 11.5. The van der Waals surface area contributed by atoms with Gasteiger partial charge in [0.15, 0.2) is 0 Å². The van der Waals surface area contributed by atoms with Gasteiger partial charge in [0.1, 0.15) is 12.3 Å². The summed E-state index contributed by atoms with van der Waals surface area (Å²) in [6, 6.07) is 8.29. The molecule has 5 heteroatoms. The molecule has 0 saturated carbocycles. The van der Waals surface area contributed by atoms with Crippen LogP contribution in [-0.4, -0.2) is 10.5 Å². The zero-order valence-corrected chi connectivity index (χ0v) is 9.13. The van der Waals surface area contributed by atoms with E-state index in [0.717, 1.165) is 0 Å². The molecule has 5 nitrogen and oxygen atoms in total. The van der Waals surface area contributed by atoms with Crippen LogP contribution in [0.4, 0.5) is 0 Å². The third-order valence-corrected chi connectivity index (χ3v) is 2.25. The fraction of sp³-hybridized carbons (Fsp3) is 0.167. The number of carbonyl (C=O) groups is 1. The van der Waals surface area contributed by atoms with Gasteiger partial charge in [0.2, 0.25) is 5.91 Å². The van der Waals surface area contributed by atoms with Crippen molar-refractivity contribution in [1.29, 1.82) is 0 Å². The summed E-state index contributed by atoms with van der Waals surface area (Å²) < 4.78 is 6.42. The smallest absolute Gasteiger partial charge is 0.250 e. The highest BCUT2D eigenvalue weighted by Gasteiger charge is 2.04. The molecule has 1 N–H and O–H groups in total. The van der Waals surface area contributed by atoms with Crippen molar-refractivity contribution in [3.63, 3.8) is 0 Å². The van der Waals surface area contributed by atoms with E-state index in [0.29, 0.717) is 12.3 Å². The Morgan fingerprint density at radius 2 is 2.18 bits per heavy atom. The molecule has 0 fully saturated rings. The Hall–Kier alpha value is -2.30. The van der Waals surface area contributed by atoms with Crippen molar-refractivity contribution < 1.29 is 9.21 Å². The van der Waals surface area contributed by atoms with E-state index in [2.05, 4.69) is 5.32 Å². The highest BCUT2D eigenvalue weighted by Crippen LogP contribution is 1.98. The van der Waals surface area contributed by atoms with Gasteiger partial charge in [-0.05, 0) is 18.2 Å². The lowest BCUT2D eigenvalue weighted by atomic mass is 10.4. The molecule has 17 heavy (non-hydrogen) atoms. The van der Waals surface area contributed by atoms with Crippen LogP contribution >= 0.6 is 0 Å². The van der Waals surface area contributed by atoms with E-state index in [1.165, 1.54) is 10.6 Å². The molecule has 0 unspecified atom stereocenters. The summed E-state index contributed by atoms with van der Waals surface area (Å²) in [6.45, 7) is 0.341. The van der Waals surface area contributed by atoms with Gasteiger partial charge in [0.05, 0.1) is 12.8 Å². The number of carbonyl (C=O) groups excluding carboxylic acids is 1. The van der Waals surface area contributed by atoms with Crippen molar-refractivity contribution in [3.8, 4) is 0 Å². The van der Waals surface area contributed by atoms with E-state index in [1.54, 1.807) is 36.7 Å². The molecule has 0 aliphatic rings. The second kappa shape index (κ2) is 5.16. The summed E-state index contributed by atoms with van der Waals surface area (Å²) in [6.07, 6.45) is 3.12. The Morgan fingerprint density at radius 1 is 1.29 bits per heavy atom. The summed E-state index contributed by atoms with van der Waals surface area (Å²) in [7, 11) is 0. The minimum atomic E-state index is -0.227. The van der Waals surface area contributed by atoms with E-state index in [4.69, 9.17) is 4.42 Å². The lowest BCUT2D eigenvalue weighted by molar-refractivity contribution is -0.121. The Morgan fingerprint density at radius 3 is 2.88 bits per heavy atom. The fourth-order valence-corrected chi connectivity index (χ4v) is 1.40. The number of amides is 1. The molecule has 88 valence electrons. The summed E-state index contributed by atoms with van der Waals surface area (Å²) in [5.41, 5.74) is -0.194. The fourth-order valence-electron chi connectivity index (χ4n) is 1.40. The van der Waals surface area contributed by atoms with Gasteiger partial charge >= 0.3 is 0 Å². The minimum absolute atomic E-state index is 0.0143. The van der Waals surface area contributed by atoms with Gasteiger partial charge in [-0.2, -0.15) is 0 Å². The summed E-state index contributed by atoms with van der Waals surface area (Å²) >= 11 is 0. The van der Waals surface area contributed by atoms with E-state index in [9.17, 15) is 9.59 Å². The van der Waals surface area contributed by atoms with Gasteiger partial charge in [0, 0.05) is 12.3 Å². The molecular weight excluding hydrogens is 220 g/mol. The zero-order chi connectivity index (χ0) is 12.1. The van der Waals surface area contributed by atoms with Gasteiger partial charge in [-0.1, -0.05) is 6.07 Å². The predicted octanol–water partition coefficient (Wildman–Crippen LogP) is 0.758. The number of aromatic nitrogens is 1. The molecule has 0 bridgehead atoms. The third kappa shape index (κ3) is 3.07. The summed E-state index contributed by atoms with van der Waals surface area (Å²) in [4.78, 5) is 22.9. The lowest BCUT2D eigenvalue weighted by Crippen LogP contribution is -2.31. The predicted molar refractivity (Wildman–Crippen MR) is 61.3 cm³/mol. The third-order valence-electron chi connectivity index (χ3n) is 2.25. The molecule has 0 aliphatic carbocycles. The van der Waals surface area contributed by atoms with Crippen molar-refractivity contribution in [3.05, 3.63) is 58.9 Å². The SMILES string of the molecule is O=C(Cn1ccccc1=O)NCc1ccco1. The van der Waals surface area contributed by atoms with Crippen molar-refractivity contribution in [1.82, 2.24) is 9.88 Å². The van der Waals surface area contributed by atoms with Crippen molar-refractivity contribution >= 4 is 5.91 Å². The monoisotopic (exact) mass is 232 g/mol. The number of hydrogen-bond acceptors (Lipinski definition) is 3. The quantitative estimate of drug-likeness (QED) is 0.846. The average Bonchev–Trinajstić information content (AvgIpc) is 2.82. The molecule has 1 amide bonds. The van der Waals surface area contributed by atoms with Crippen LogP contribution in [0.15, 0.2) is 52.0 Å². The Kier molecular flexibility index (Phi) is 3.40. The molecule has 2 aromatic heterocycles. The molecule has 2 aromatic rings. The standard InChI is InChI=1S/C12H12N2O3/c15-11(13-8-10-4-3-7-17-10)9-14-6-2-1-5-12(14)16/h1-7H,8-9H2,(H,13,15). The first-order chi connectivity index (χ1) is 8.25. The highest BCUT2D eigenvalue weighted by atomic mass is 16.3. The average molecular weight is 232 g/mol. The van der Waals surface area contributed by atoms with Gasteiger partial charge in [-0.15, -0.1) is 0 Å². The Labute approximate surface area is 97.7 Å². The topological polar surface area (TPSA) is 64.2 Å². The first-order valence-electron chi connectivity index (χ1n) is 5.20. The molecule has 2 heterocycles. The second-order valence-corrected chi connectivity index (χ2v) is 3.52. The number of rotatable bonds is 4. The van der Waals surface area contributed by atoms with Crippen LogP contribution < -0.4 is 10.9 Å². The maximum atomic E-state index is 11.5. The van der Waals surface area contributed by atoms with E-state index in [1.807, 2.05) is 0 Å². The van der Waals surface area contributed by atoms with Crippen LogP contribution in [0.1, 0.15) is 5.76 Å². The summed E-state index contributed by atoms with van der Waals surface area (Å²) in [5.74, 6) is 0.452. The zero-order valence-electron chi connectivity index (χ0n) is 9.13. The Bertz CT molecular complexity index is 543. The first-order valence-corrected chi connectivity index (χ1v) is 5.20. The first kappa shape index (κ1) is 11.2. The largest absolute Gasteiger partial charge is 0.467 e. The molecule has 0 atom stereocenters. The minimum Gasteiger partial charge on any atom is -0.467 e. The molecule has 2 rings (SSSR count). The van der Waals surface area contributed by atoms with Crippen molar-refractivity contribution in [2.45, 2.75) is 13.1 Å². The van der Waals surface area contributed by atoms with E-state index in [-0.39, 0.29) is 18.0 Å². The van der Waals surface area contributed by atoms with E-state index < -0.39 is 0 Å². The number of nitrogens with one attached hydrogen (secondary N) is 1. The molecule has 0 aromatic carbocycles. The number of nitrogens with zero attached hydrogens (tertiary/aromatic N) is 1. The molecule has 0 spiro atoms. The second-order valence-electron chi connectivity index (χ2n) is 3.52. The molecule has 0 radical (unpaired) electrons. The van der Waals surface area contributed by atoms with Gasteiger partial charge in [-0.25, -0.2) is 0 Å². The molecule has 0 saturated heterocycles. The highest BCUT2D eigenvalue weighted by molar-refractivity contribution is 5.75. The lowest BCUT2D eigenvalue weighted by Gasteiger charge is -2.05. The summed E-state index contributed by atoms with van der Waals surface area (Å²) in [5, 5.41) is 2.67. The van der Waals surface area contributed by atoms with Crippen LogP contribution in [0.2, 0.25) is 0 Å². The normalized spacial score (nSPS) is 10.1.